The van der Waals surface area contributed by atoms with Gasteiger partial charge in [0.05, 0.1) is 5.69 Å². The van der Waals surface area contributed by atoms with E-state index in [2.05, 4.69) is 25.6 Å². The zero-order valence-electron chi connectivity index (χ0n) is 10.8. The summed E-state index contributed by atoms with van der Waals surface area (Å²) in [4.78, 5) is 5.35. The summed E-state index contributed by atoms with van der Waals surface area (Å²) in [6, 6.07) is 12.8. The Morgan fingerprint density at radius 3 is 2.76 bits per heavy atom. The van der Waals surface area contributed by atoms with Crippen molar-refractivity contribution < 1.29 is 5.21 Å². The van der Waals surface area contributed by atoms with E-state index in [9.17, 15) is 0 Å². The Morgan fingerprint density at radius 2 is 2.00 bits per heavy atom. The number of rotatable bonds is 3. The lowest BCUT2D eigenvalue weighted by Crippen LogP contribution is -2.15. The standard InChI is InChI=1S/C13H11N7O/c14-12(18-21)11-8-10(6-7-15-11)20-17-13(16-19-20)9-4-2-1-3-5-9/h1-8,21H,(H2,14,18). The van der Waals surface area contributed by atoms with E-state index in [1.807, 2.05) is 30.3 Å². The first-order chi connectivity index (χ1) is 10.3. The molecule has 2 aromatic heterocycles. The molecule has 0 spiro atoms. The lowest BCUT2D eigenvalue weighted by molar-refractivity contribution is 0.318. The number of oxime groups is 1. The van der Waals surface area contributed by atoms with Gasteiger partial charge in [0, 0.05) is 11.8 Å². The highest BCUT2D eigenvalue weighted by Crippen LogP contribution is 2.13. The maximum atomic E-state index is 8.68. The van der Waals surface area contributed by atoms with Gasteiger partial charge < -0.3 is 10.9 Å². The average Bonchev–Trinajstić information content (AvgIpc) is 3.05. The Balaban J connectivity index is 1.97. The van der Waals surface area contributed by atoms with E-state index < -0.39 is 0 Å². The molecular weight excluding hydrogens is 270 g/mol. The first kappa shape index (κ1) is 12.7. The fraction of sp³-hybridized carbons (Fsp3) is 0. The highest BCUT2D eigenvalue weighted by molar-refractivity contribution is 5.95. The van der Waals surface area contributed by atoms with Crippen LogP contribution in [0.15, 0.2) is 53.8 Å². The number of aromatic nitrogens is 5. The molecule has 2 heterocycles. The normalized spacial score (nSPS) is 11.5. The number of nitrogens with two attached hydrogens (primary N) is 1. The largest absolute Gasteiger partial charge is 0.409 e. The zero-order chi connectivity index (χ0) is 14.7. The molecule has 3 aromatic rings. The van der Waals surface area contributed by atoms with Gasteiger partial charge in [-0.3, -0.25) is 4.98 Å². The van der Waals surface area contributed by atoms with E-state index >= 15 is 0 Å². The molecule has 0 aliphatic carbocycles. The molecule has 8 nitrogen and oxygen atoms in total. The van der Waals surface area contributed by atoms with Crippen LogP contribution < -0.4 is 5.73 Å². The second-order valence-electron chi connectivity index (χ2n) is 4.15. The first-order valence-corrected chi connectivity index (χ1v) is 6.07. The molecule has 0 atom stereocenters. The maximum Gasteiger partial charge on any atom is 0.205 e. The predicted octanol–water partition coefficient (Wildman–Crippen LogP) is 0.819. The first-order valence-electron chi connectivity index (χ1n) is 6.07. The van der Waals surface area contributed by atoms with Crippen LogP contribution in [0.3, 0.4) is 0 Å². The molecule has 3 rings (SSSR count). The maximum absolute atomic E-state index is 8.68. The molecule has 0 aliphatic heterocycles. The third-order valence-electron chi connectivity index (χ3n) is 2.79. The van der Waals surface area contributed by atoms with Crippen molar-refractivity contribution >= 4 is 5.84 Å². The van der Waals surface area contributed by atoms with Gasteiger partial charge >= 0.3 is 0 Å². The van der Waals surface area contributed by atoms with Crippen molar-refractivity contribution in [3.05, 3.63) is 54.4 Å². The number of amidine groups is 1. The summed E-state index contributed by atoms with van der Waals surface area (Å²) in [5.41, 5.74) is 7.32. The molecule has 8 heteroatoms. The summed E-state index contributed by atoms with van der Waals surface area (Å²) < 4.78 is 0. The number of nitrogens with zero attached hydrogens (tertiary/aromatic N) is 6. The molecule has 0 saturated carbocycles. The van der Waals surface area contributed by atoms with E-state index in [1.165, 1.54) is 11.0 Å². The monoisotopic (exact) mass is 281 g/mol. The van der Waals surface area contributed by atoms with Gasteiger partial charge in [-0.25, -0.2) is 0 Å². The van der Waals surface area contributed by atoms with Crippen LogP contribution in [0, 0.1) is 0 Å². The Bertz CT molecular complexity index is 782. The number of hydrogen-bond donors (Lipinski definition) is 2. The van der Waals surface area contributed by atoms with Gasteiger partial charge in [0.25, 0.3) is 0 Å². The van der Waals surface area contributed by atoms with Gasteiger partial charge in [0.2, 0.25) is 5.82 Å². The van der Waals surface area contributed by atoms with Crippen LogP contribution in [0.2, 0.25) is 0 Å². The third kappa shape index (κ3) is 2.54. The van der Waals surface area contributed by atoms with Gasteiger partial charge in [0.15, 0.2) is 5.84 Å². The lowest BCUT2D eigenvalue weighted by atomic mass is 10.2. The number of benzene rings is 1. The Kier molecular flexibility index (Phi) is 3.26. The zero-order valence-corrected chi connectivity index (χ0v) is 10.8. The van der Waals surface area contributed by atoms with E-state index in [0.29, 0.717) is 17.2 Å². The van der Waals surface area contributed by atoms with Crippen LogP contribution in [0.1, 0.15) is 5.69 Å². The van der Waals surface area contributed by atoms with Crippen molar-refractivity contribution in [2.75, 3.05) is 0 Å². The van der Waals surface area contributed by atoms with Crippen molar-refractivity contribution in [1.82, 2.24) is 25.2 Å². The predicted molar refractivity (Wildman–Crippen MR) is 74.9 cm³/mol. The smallest absolute Gasteiger partial charge is 0.205 e. The van der Waals surface area contributed by atoms with E-state index in [1.54, 1.807) is 12.1 Å². The van der Waals surface area contributed by atoms with E-state index in [4.69, 9.17) is 10.9 Å². The number of hydrogen-bond acceptors (Lipinski definition) is 6. The average molecular weight is 281 g/mol. The summed E-state index contributed by atoms with van der Waals surface area (Å²) in [6.45, 7) is 0. The molecule has 0 unspecified atom stereocenters. The second-order valence-corrected chi connectivity index (χ2v) is 4.15. The second kappa shape index (κ2) is 5.37. The number of pyridine rings is 1. The van der Waals surface area contributed by atoms with Crippen LogP contribution in [0.4, 0.5) is 0 Å². The molecule has 21 heavy (non-hydrogen) atoms. The van der Waals surface area contributed by atoms with Crippen molar-refractivity contribution in [3.8, 4) is 17.1 Å². The highest BCUT2D eigenvalue weighted by atomic mass is 16.4. The molecule has 0 bridgehead atoms. The molecule has 3 N–H and O–H groups in total. The summed E-state index contributed by atoms with van der Waals surface area (Å²) in [5, 5.41) is 23.9. The van der Waals surface area contributed by atoms with Crippen LogP contribution in [-0.4, -0.2) is 36.2 Å². The molecule has 0 radical (unpaired) electrons. The quantitative estimate of drug-likeness (QED) is 0.318. The van der Waals surface area contributed by atoms with Crippen LogP contribution in [0.5, 0.6) is 0 Å². The fourth-order valence-corrected chi connectivity index (χ4v) is 1.76. The van der Waals surface area contributed by atoms with Crippen molar-refractivity contribution in [3.63, 3.8) is 0 Å². The third-order valence-corrected chi connectivity index (χ3v) is 2.79. The lowest BCUT2D eigenvalue weighted by Gasteiger charge is -2.01. The Morgan fingerprint density at radius 1 is 1.19 bits per heavy atom. The minimum atomic E-state index is -0.0831. The summed E-state index contributed by atoms with van der Waals surface area (Å²) in [5.74, 6) is 0.429. The van der Waals surface area contributed by atoms with Crippen molar-refractivity contribution in [2.24, 2.45) is 10.9 Å². The minimum Gasteiger partial charge on any atom is -0.409 e. The van der Waals surface area contributed by atoms with Crippen molar-refractivity contribution in [2.45, 2.75) is 0 Å². The molecule has 0 fully saturated rings. The highest BCUT2D eigenvalue weighted by Gasteiger charge is 2.09. The molecule has 1 aromatic carbocycles. The van der Waals surface area contributed by atoms with Gasteiger partial charge in [-0.05, 0) is 17.3 Å². The minimum absolute atomic E-state index is 0.0831. The molecule has 0 amide bonds. The van der Waals surface area contributed by atoms with E-state index in [-0.39, 0.29) is 5.84 Å². The molecular formula is C13H11N7O. The van der Waals surface area contributed by atoms with Gasteiger partial charge in [-0.2, -0.15) is 0 Å². The molecule has 0 saturated heterocycles. The summed E-state index contributed by atoms with van der Waals surface area (Å²) in [7, 11) is 0. The summed E-state index contributed by atoms with van der Waals surface area (Å²) >= 11 is 0. The van der Waals surface area contributed by atoms with Gasteiger partial charge in [-0.1, -0.05) is 35.5 Å². The van der Waals surface area contributed by atoms with Crippen LogP contribution in [-0.2, 0) is 0 Å². The van der Waals surface area contributed by atoms with E-state index in [0.717, 1.165) is 5.56 Å². The van der Waals surface area contributed by atoms with Crippen LogP contribution >= 0.6 is 0 Å². The Hall–Kier alpha value is -3.29. The molecule has 0 aliphatic rings. The van der Waals surface area contributed by atoms with Crippen LogP contribution in [0.25, 0.3) is 17.1 Å². The Labute approximate surface area is 119 Å². The SMILES string of the molecule is NC(=NO)c1cc(-n2nnc(-c3ccccc3)n2)ccn1. The fourth-order valence-electron chi connectivity index (χ4n) is 1.76. The molecule has 104 valence electrons. The number of tetrazole rings is 1. The topological polar surface area (TPSA) is 115 Å². The van der Waals surface area contributed by atoms with Crippen molar-refractivity contribution in [1.29, 1.82) is 0 Å². The van der Waals surface area contributed by atoms with Gasteiger partial charge in [-0.15, -0.1) is 15.0 Å². The summed E-state index contributed by atoms with van der Waals surface area (Å²) in [6.07, 6.45) is 1.52. The van der Waals surface area contributed by atoms with Gasteiger partial charge in [0.1, 0.15) is 5.69 Å².